The van der Waals surface area contributed by atoms with Gasteiger partial charge in [0.05, 0.1) is 22.2 Å². The first-order chi connectivity index (χ1) is 26.8. The van der Waals surface area contributed by atoms with Gasteiger partial charge in [0.25, 0.3) is 0 Å². The van der Waals surface area contributed by atoms with Crippen molar-refractivity contribution in [1.29, 1.82) is 0 Å². The van der Waals surface area contributed by atoms with Gasteiger partial charge in [-0.1, -0.05) is 127 Å². The maximum absolute atomic E-state index is 5.59. The highest BCUT2D eigenvalue weighted by atomic mass is 32.1. The van der Waals surface area contributed by atoms with E-state index in [0.717, 1.165) is 44.0 Å². The Morgan fingerprint density at radius 1 is 0.370 bits per heavy atom. The van der Waals surface area contributed by atoms with E-state index in [9.17, 15) is 0 Å². The van der Waals surface area contributed by atoms with Gasteiger partial charge in [-0.2, -0.15) is 0 Å². The number of hydrogen-bond acceptors (Lipinski definition) is 3. The number of fused-ring (bicyclic) bond motifs is 9. The number of benzene rings is 9. The lowest BCUT2D eigenvalue weighted by Crippen LogP contribution is -2.04. The van der Waals surface area contributed by atoms with Crippen LogP contribution in [0.1, 0.15) is 0 Å². The van der Waals surface area contributed by atoms with E-state index < -0.39 is 0 Å². The van der Waals surface area contributed by atoms with E-state index in [1.54, 1.807) is 0 Å². The second-order valence-electron chi connectivity index (χ2n) is 14.5. The summed E-state index contributed by atoms with van der Waals surface area (Å²) < 4.78 is 4.94. The molecule has 0 N–H and O–H groups in total. The Balaban J connectivity index is 1.21. The Hall–Kier alpha value is -6.88. The van der Waals surface area contributed by atoms with E-state index in [1.807, 2.05) is 11.3 Å². The number of aromatic nitrogens is 3. The van der Waals surface area contributed by atoms with Crippen LogP contribution in [-0.4, -0.2) is 14.5 Å². The van der Waals surface area contributed by atoms with Crippen LogP contribution in [-0.2, 0) is 0 Å². The number of rotatable bonds is 2. The van der Waals surface area contributed by atoms with Crippen molar-refractivity contribution in [3.05, 3.63) is 164 Å². The first-order valence-corrected chi connectivity index (χ1v) is 19.2. The zero-order chi connectivity index (χ0) is 35.1. The van der Waals surface area contributed by atoms with Gasteiger partial charge in [0, 0.05) is 47.3 Å². The lowest BCUT2D eigenvalue weighted by molar-refractivity contribution is 1.02. The van der Waals surface area contributed by atoms with Crippen molar-refractivity contribution < 1.29 is 0 Å². The minimum Gasteiger partial charge on any atom is -0.278 e. The fraction of sp³-hybridized carbons (Fsp3) is 0. The smallest absolute Gasteiger partial charge is 0.235 e. The van der Waals surface area contributed by atoms with Gasteiger partial charge >= 0.3 is 0 Å². The Bertz CT molecular complexity index is 3740. The molecule has 0 atom stereocenters. The third-order valence-corrected chi connectivity index (χ3v) is 12.8. The van der Waals surface area contributed by atoms with Gasteiger partial charge in [-0.15, -0.1) is 11.3 Å². The number of nitrogens with zero attached hydrogens (tertiary/aromatic N) is 3. The average molecular weight is 702 g/mol. The van der Waals surface area contributed by atoms with Crippen molar-refractivity contribution >= 4 is 118 Å². The van der Waals surface area contributed by atoms with Crippen LogP contribution in [0.2, 0.25) is 0 Å². The van der Waals surface area contributed by atoms with Crippen molar-refractivity contribution in [1.82, 2.24) is 14.5 Å². The Morgan fingerprint density at radius 3 is 1.83 bits per heavy atom. The summed E-state index contributed by atoms with van der Waals surface area (Å²) in [5.41, 5.74) is 5.19. The second kappa shape index (κ2) is 10.4. The van der Waals surface area contributed by atoms with E-state index in [2.05, 4.69) is 168 Å². The van der Waals surface area contributed by atoms with Gasteiger partial charge < -0.3 is 0 Å². The molecule has 0 aliphatic heterocycles. The predicted octanol–water partition coefficient (Wildman–Crippen LogP) is 14.0. The molecule has 248 valence electrons. The van der Waals surface area contributed by atoms with Gasteiger partial charge in [-0.3, -0.25) is 4.57 Å². The molecule has 54 heavy (non-hydrogen) atoms. The summed E-state index contributed by atoms with van der Waals surface area (Å²) in [6.07, 6.45) is 0. The first kappa shape index (κ1) is 28.7. The third kappa shape index (κ3) is 3.70. The lowest BCUT2D eigenvalue weighted by Gasteiger charge is -2.14. The fourth-order valence-corrected chi connectivity index (χ4v) is 10.5. The number of hydrogen-bond donors (Lipinski definition) is 0. The largest absolute Gasteiger partial charge is 0.278 e. The summed E-state index contributed by atoms with van der Waals surface area (Å²) in [4.78, 5) is 11.1. The quantitative estimate of drug-likeness (QED) is 0.168. The van der Waals surface area contributed by atoms with E-state index in [0.29, 0.717) is 5.95 Å². The molecule has 10 aromatic carbocycles. The fourth-order valence-electron chi connectivity index (χ4n) is 9.41. The molecule has 0 radical (unpaired) electrons. The maximum atomic E-state index is 5.59. The molecule has 0 saturated carbocycles. The molecule has 4 heteroatoms. The van der Waals surface area contributed by atoms with Crippen molar-refractivity contribution in [2.75, 3.05) is 0 Å². The Kier molecular flexibility index (Phi) is 5.51. The zero-order valence-electron chi connectivity index (χ0n) is 28.8. The lowest BCUT2D eigenvalue weighted by atomic mass is 9.95. The second-order valence-corrected chi connectivity index (χ2v) is 15.6. The van der Waals surface area contributed by atoms with Crippen LogP contribution < -0.4 is 0 Å². The molecule has 3 nitrogen and oxygen atoms in total. The molecule has 0 saturated heterocycles. The summed E-state index contributed by atoms with van der Waals surface area (Å²) in [6, 6.07) is 59.9. The van der Waals surface area contributed by atoms with E-state index >= 15 is 0 Å². The molecule has 13 aromatic rings. The van der Waals surface area contributed by atoms with Gasteiger partial charge in [0.1, 0.15) is 0 Å². The molecule has 0 bridgehead atoms. The molecule has 0 aliphatic carbocycles. The molecule has 13 rings (SSSR count). The standard InChI is InChI=1S/C50H27N3S/c1-3-11-32-28(9-1)19-20-30-27-31(22-23-33(30)32)48-39-24-21-29-10-2-4-12-34(29)49(39)52-50(51-48)53-40-17-7-15-37-35-13-5-6-14-36(35)38-16-8-18-42-45(38)47-43(54-42)26-25-41(53)46(47)44(37)40/h1-27H. The molecule has 0 amide bonds. The van der Waals surface area contributed by atoms with Gasteiger partial charge in [-0.05, 0) is 84.9 Å². The van der Waals surface area contributed by atoms with Crippen LogP contribution in [0.5, 0.6) is 0 Å². The SMILES string of the molecule is c1ccc2c(c1)ccc1cc(-c3nc(-n4c5cccc6c7ccccc7c7cccc8sc9ccc4c(c9c87)c65)nc4c3ccc3ccccc34)ccc12. The van der Waals surface area contributed by atoms with Crippen molar-refractivity contribution in [3.8, 4) is 17.2 Å². The van der Waals surface area contributed by atoms with E-state index in [1.165, 1.54) is 74.0 Å². The van der Waals surface area contributed by atoms with Gasteiger partial charge in [-0.25, -0.2) is 9.97 Å². The van der Waals surface area contributed by atoms with Crippen molar-refractivity contribution in [2.45, 2.75) is 0 Å². The summed E-state index contributed by atoms with van der Waals surface area (Å²) in [5, 5.41) is 18.5. The summed E-state index contributed by atoms with van der Waals surface area (Å²) >= 11 is 1.88. The molecule has 3 aromatic heterocycles. The van der Waals surface area contributed by atoms with Crippen LogP contribution in [0.15, 0.2) is 164 Å². The molecular weight excluding hydrogens is 675 g/mol. The topological polar surface area (TPSA) is 30.7 Å². The third-order valence-electron chi connectivity index (χ3n) is 11.7. The monoisotopic (exact) mass is 701 g/mol. The minimum atomic E-state index is 0.677. The van der Waals surface area contributed by atoms with Gasteiger partial charge in [0.2, 0.25) is 5.95 Å². The molecule has 0 spiro atoms. The van der Waals surface area contributed by atoms with E-state index in [4.69, 9.17) is 9.97 Å². The molecule has 3 heterocycles. The van der Waals surface area contributed by atoms with Gasteiger partial charge in [0.15, 0.2) is 0 Å². The van der Waals surface area contributed by atoms with E-state index in [-0.39, 0.29) is 0 Å². The normalized spacial score (nSPS) is 12.4. The predicted molar refractivity (Wildman–Crippen MR) is 231 cm³/mol. The average Bonchev–Trinajstić information content (AvgIpc) is 3.78. The highest BCUT2D eigenvalue weighted by Gasteiger charge is 2.24. The van der Waals surface area contributed by atoms with Crippen LogP contribution in [0, 0.1) is 0 Å². The Morgan fingerprint density at radius 2 is 0.981 bits per heavy atom. The summed E-state index contributed by atoms with van der Waals surface area (Å²) in [5.74, 6) is 0.677. The highest BCUT2D eigenvalue weighted by Crippen LogP contribution is 2.48. The maximum Gasteiger partial charge on any atom is 0.235 e. The molecular formula is C50H27N3S. The van der Waals surface area contributed by atoms with Crippen molar-refractivity contribution in [2.24, 2.45) is 0 Å². The molecule has 0 aliphatic rings. The van der Waals surface area contributed by atoms with Crippen LogP contribution in [0.4, 0.5) is 0 Å². The summed E-state index contributed by atoms with van der Waals surface area (Å²) in [7, 11) is 0. The minimum absolute atomic E-state index is 0.677. The van der Waals surface area contributed by atoms with Crippen LogP contribution in [0.25, 0.3) is 124 Å². The van der Waals surface area contributed by atoms with Crippen molar-refractivity contribution in [3.63, 3.8) is 0 Å². The van der Waals surface area contributed by atoms with Crippen LogP contribution in [0.3, 0.4) is 0 Å². The Labute approximate surface area is 312 Å². The highest BCUT2D eigenvalue weighted by molar-refractivity contribution is 7.26. The van der Waals surface area contributed by atoms with Crippen LogP contribution >= 0.6 is 11.3 Å². The molecule has 0 fully saturated rings. The molecule has 0 unspecified atom stereocenters. The zero-order valence-corrected chi connectivity index (χ0v) is 29.7. The number of thiophene rings is 1. The summed E-state index contributed by atoms with van der Waals surface area (Å²) in [6.45, 7) is 0. The first-order valence-electron chi connectivity index (χ1n) is 18.4.